The molecule has 25 heavy (non-hydrogen) atoms. The lowest BCUT2D eigenvalue weighted by atomic mass is 10.2. The molecule has 0 aliphatic rings. The Kier molecular flexibility index (Phi) is 6.89. The highest BCUT2D eigenvalue weighted by Gasteiger charge is 2.02. The summed E-state index contributed by atoms with van der Waals surface area (Å²) in [6.45, 7) is 3.23. The first-order valence-electron chi connectivity index (χ1n) is 7.73. The summed E-state index contributed by atoms with van der Waals surface area (Å²) >= 11 is 0. The Morgan fingerprint density at radius 3 is 1.40 bits per heavy atom. The first kappa shape index (κ1) is 18.4. The van der Waals surface area contributed by atoms with Gasteiger partial charge in [-0.2, -0.15) is 0 Å². The molecule has 0 fully saturated rings. The highest BCUT2D eigenvalue weighted by atomic mass is 16.6. The number of hydrogen-bond donors (Lipinski definition) is 0. The van der Waals surface area contributed by atoms with Crippen molar-refractivity contribution in [1.82, 2.24) is 0 Å². The van der Waals surface area contributed by atoms with Gasteiger partial charge in [-0.1, -0.05) is 24.3 Å². The molecule has 0 aliphatic heterocycles. The van der Waals surface area contributed by atoms with Crippen molar-refractivity contribution >= 4 is 19.6 Å². The van der Waals surface area contributed by atoms with Crippen LogP contribution in [0.5, 0.6) is 11.5 Å². The molecule has 0 aromatic heterocycles. The summed E-state index contributed by atoms with van der Waals surface area (Å²) in [5.74, 6) is 0.677. The van der Waals surface area contributed by atoms with Crippen molar-refractivity contribution in [1.29, 1.82) is 0 Å². The molecule has 0 radical (unpaired) electrons. The van der Waals surface area contributed by atoms with Crippen LogP contribution < -0.4 is 9.31 Å². The lowest BCUT2D eigenvalue weighted by Crippen LogP contribution is -2.11. The van der Waals surface area contributed by atoms with E-state index in [1.807, 2.05) is 24.3 Å². The molecule has 0 amide bonds. The van der Waals surface area contributed by atoms with Crippen molar-refractivity contribution in [2.24, 2.45) is 0 Å². The van der Waals surface area contributed by atoms with E-state index >= 15 is 0 Å². The Morgan fingerprint density at radius 2 is 1.08 bits per heavy atom. The Hall–Kier alpha value is -2.96. The Balaban J connectivity index is 1.74. The molecule has 7 heteroatoms. The predicted molar refractivity (Wildman–Crippen MR) is 92.2 cm³/mol. The Morgan fingerprint density at radius 1 is 0.720 bits per heavy atom. The van der Waals surface area contributed by atoms with E-state index in [1.54, 1.807) is 24.3 Å². The second-order valence-corrected chi connectivity index (χ2v) is 5.25. The van der Waals surface area contributed by atoms with Crippen LogP contribution in [0, 0.1) is 0 Å². The topological polar surface area (TPSA) is 71.1 Å². The smallest absolute Gasteiger partial charge is 0.529 e. The molecule has 0 N–H and O–H groups in total. The van der Waals surface area contributed by atoms with E-state index in [9.17, 15) is 9.59 Å². The highest BCUT2D eigenvalue weighted by Crippen LogP contribution is 2.15. The lowest BCUT2D eigenvalue weighted by molar-refractivity contribution is -0.143. The molecule has 2 aromatic rings. The van der Waals surface area contributed by atoms with E-state index in [0.29, 0.717) is 11.5 Å². The number of hydrogen-bond acceptors (Lipinski definition) is 6. The van der Waals surface area contributed by atoms with Gasteiger partial charge in [-0.05, 0) is 35.4 Å². The number of carbonyl (C=O) groups is 2. The van der Waals surface area contributed by atoms with Crippen LogP contribution in [-0.4, -0.2) is 19.6 Å². The van der Waals surface area contributed by atoms with E-state index in [-0.39, 0.29) is 32.8 Å². The number of rotatable bonds is 8. The molecule has 0 saturated heterocycles. The summed E-state index contributed by atoms with van der Waals surface area (Å²) in [6.07, 6.45) is 0. The molecule has 0 saturated carbocycles. The van der Waals surface area contributed by atoms with Crippen molar-refractivity contribution in [2.75, 3.05) is 0 Å². The zero-order valence-electron chi connectivity index (χ0n) is 14.2. The molecule has 0 aliphatic carbocycles. The van der Waals surface area contributed by atoms with Gasteiger partial charge in [0.15, 0.2) is 0 Å². The first-order chi connectivity index (χ1) is 12.0. The van der Waals surface area contributed by atoms with Crippen LogP contribution in [0.2, 0.25) is 0 Å². The van der Waals surface area contributed by atoms with E-state index in [2.05, 4.69) is 0 Å². The van der Waals surface area contributed by atoms with Crippen LogP contribution in [0.15, 0.2) is 48.5 Å². The van der Waals surface area contributed by atoms with Gasteiger partial charge >= 0.3 is 19.6 Å². The average Bonchev–Trinajstić information content (AvgIpc) is 2.60. The number of esters is 2. The molecule has 0 atom stereocenters. The molecular weight excluding hydrogens is 323 g/mol. The van der Waals surface area contributed by atoms with Crippen LogP contribution in [0.25, 0.3) is 0 Å². The molecule has 0 spiro atoms. The number of carbonyl (C=O) groups excluding carboxylic acids is 2. The maximum absolute atomic E-state index is 10.8. The normalized spacial score (nSPS) is 9.84. The summed E-state index contributed by atoms with van der Waals surface area (Å²) in [4.78, 5) is 21.5. The van der Waals surface area contributed by atoms with Crippen LogP contribution in [-0.2, 0) is 32.3 Å². The molecule has 130 valence electrons. The fourth-order valence-electron chi connectivity index (χ4n) is 1.90. The molecule has 0 unspecified atom stereocenters. The van der Waals surface area contributed by atoms with Gasteiger partial charge in [0.05, 0.1) is 0 Å². The summed E-state index contributed by atoms with van der Waals surface area (Å²) in [5, 5.41) is 0. The third-order valence-corrected chi connectivity index (χ3v) is 3.18. The zero-order valence-corrected chi connectivity index (χ0v) is 14.2. The van der Waals surface area contributed by atoms with Gasteiger partial charge in [-0.3, -0.25) is 9.59 Å². The third-order valence-electron chi connectivity index (χ3n) is 3.18. The van der Waals surface area contributed by atoms with E-state index in [1.165, 1.54) is 13.8 Å². The van der Waals surface area contributed by atoms with E-state index in [0.717, 1.165) is 11.1 Å². The number of benzene rings is 2. The lowest BCUT2D eigenvalue weighted by Gasteiger charge is -2.09. The quantitative estimate of drug-likeness (QED) is 0.542. The summed E-state index contributed by atoms with van der Waals surface area (Å²) in [6, 6.07) is 14.4. The van der Waals surface area contributed by atoms with Crippen molar-refractivity contribution in [3.63, 3.8) is 0 Å². The van der Waals surface area contributed by atoms with E-state index in [4.69, 9.17) is 18.8 Å². The summed E-state index contributed by atoms with van der Waals surface area (Å²) < 4.78 is 20.8. The first-order valence-corrected chi connectivity index (χ1v) is 7.73. The SMILES string of the molecule is CC(=O)OCc1ccc(OBOc2ccc(COC(C)=O)cc2)cc1. The van der Waals surface area contributed by atoms with E-state index < -0.39 is 0 Å². The van der Waals surface area contributed by atoms with Crippen molar-refractivity contribution in [3.05, 3.63) is 59.7 Å². The standard InChI is InChI=1S/C18H19BO6/c1-13(20)22-11-15-3-7-17(8-4-15)24-19-25-18-9-5-16(6-10-18)12-23-14(2)21/h3-10,19H,11-12H2,1-2H3. The molecule has 0 heterocycles. The van der Waals surface area contributed by atoms with Gasteiger partial charge in [0, 0.05) is 13.8 Å². The second kappa shape index (κ2) is 9.37. The van der Waals surface area contributed by atoms with Gasteiger partial charge < -0.3 is 18.8 Å². The third kappa shape index (κ3) is 6.99. The van der Waals surface area contributed by atoms with Crippen LogP contribution >= 0.6 is 0 Å². The van der Waals surface area contributed by atoms with Crippen molar-refractivity contribution in [2.45, 2.75) is 27.1 Å². The van der Waals surface area contributed by atoms with Gasteiger partial charge in [0.1, 0.15) is 24.7 Å². The number of ether oxygens (including phenoxy) is 2. The van der Waals surface area contributed by atoms with Gasteiger partial charge in [-0.15, -0.1) is 0 Å². The molecular formula is C18H19BO6. The molecule has 2 rings (SSSR count). The largest absolute Gasteiger partial charge is 0.576 e. The fraction of sp³-hybridized carbons (Fsp3) is 0.222. The minimum atomic E-state index is -0.312. The summed E-state index contributed by atoms with van der Waals surface area (Å²) in [7, 11) is 0.0621. The maximum Gasteiger partial charge on any atom is 0.576 e. The highest BCUT2D eigenvalue weighted by molar-refractivity contribution is 6.20. The molecule has 0 bridgehead atoms. The van der Waals surface area contributed by atoms with Gasteiger partial charge in [-0.25, -0.2) is 0 Å². The molecule has 2 aromatic carbocycles. The minimum absolute atomic E-state index is 0.0621. The average molecular weight is 342 g/mol. The monoisotopic (exact) mass is 342 g/mol. The maximum atomic E-state index is 10.8. The van der Waals surface area contributed by atoms with Crippen LogP contribution in [0.1, 0.15) is 25.0 Å². The van der Waals surface area contributed by atoms with Crippen molar-refractivity contribution < 1.29 is 28.4 Å². The predicted octanol–water partition coefficient (Wildman–Crippen LogP) is 2.54. The fourth-order valence-corrected chi connectivity index (χ4v) is 1.90. The van der Waals surface area contributed by atoms with Crippen LogP contribution in [0.4, 0.5) is 0 Å². The Labute approximate surface area is 147 Å². The van der Waals surface area contributed by atoms with Gasteiger partial charge in [0.25, 0.3) is 0 Å². The zero-order chi connectivity index (χ0) is 18.1. The summed E-state index contributed by atoms with van der Waals surface area (Å²) in [5.41, 5.74) is 1.76. The molecule has 6 nitrogen and oxygen atoms in total. The minimum Gasteiger partial charge on any atom is -0.529 e. The Bertz CT molecular complexity index is 635. The second-order valence-electron chi connectivity index (χ2n) is 5.25. The van der Waals surface area contributed by atoms with Crippen molar-refractivity contribution in [3.8, 4) is 11.5 Å². The van der Waals surface area contributed by atoms with Crippen LogP contribution in [0.3, 0.4) is 0 Å². The van der Waals surface area contributed by atoms with Gasteiger partial charge in [0.2, 0.25) is 0 Å².